The molecule has 0 heterocycles. The van der Waals surface area contributed by atoms with E-state index in [-0.39, 0.29) is 12.4 Å². The van der Waals surface area contributed by atoms with Crippen LogP contribution in [0.1, 0.15) is 0 Å². The average Bonchev–Trinajstić information content (AvgIpc) is 1.89. The maximum Gasteiger partial charge on any atom is 0.224 e. The molecule has 0 aromatic heterocycles. The largest absolute Gasteiger partial charge is 0.383 e. The number of hydrogen-bond donors (Lipinski definition) is 2. The Hall–Kier alpha value is -0.170. The predicted octanol–water partition coefficient (Wildman–Crippen LogP) is -1.53. The quantitative estimate of drug-likeness (QED) is 0.488. The zero-order valence-corrected chi connectivity index (χ0v) is 6.65. The van der Waals surface area contributed by atoms with Crippen LogP contribution in [-0.4, -0.2) is 34.6 Å². The Labute approximate surface area is 60.6 Å². The highest BCUT2D eigenvalue weighted by Crippen LogP contribution is 1.75. The van der Waals surface area contributed by atoms with Crippen LogP contribution in [-0.2, 0) is 14.8 Å². The first-order valence-electron chi connectivity index (χ1n) is 2.78. The molecular formula is C4H12N2O3S. The van der Waals surface area contributed by atoms with Crippen molar-refractivity contribution in [2.75, 3.05) is 26.1 Å². The van der Waals surface area contributed by atoms with Gasteiger partial charge in [0.25, 0.3) is 0 Å². The molecule has 0 aromatic carbocycles. The van der Waals surface area contributed by atoms with E-state index in [0.717, 1.165) is 0 Å². The number of sulfonamides is 1. The van der Waals surface area contributed by atoms with E-state index >= 15 is 0 Å². The first-order chi connectivity index (χ1) is 4.62. The van der Waals surface area contributed by atoms with Crippen LogP contribution >= 0.6 is 0 Å². The zero-order chi connectivity index (χ0) is 8.04. The monoisotopic (exact) mass is 168 g/mol. The standard InChI is InChI=1S/C4H12N2O3S/c1-9-3-2-6-10(7,8)4-5/h6H,2-5H2,1H3. The first kappa shape index (κ1) is 9.83. The highest BCUT2D eigenvalue weighted by Gasteiger charge is 2.03. The molecule has 0 saturated carbocycles. The molecule has 0 aliphatic heterocycles. The van der Waals surface area contributed by atoms with Gasteiger partial charge in [0, 0.05) is 13.7 Å². The number of nitrogens with one attached hydrogen (secondary N) is 1. The summed E-state index contributed by atoms with van der Waals surface area (Å²) in [6.07, 6.45) is 0. The molecule has 10 heavy (non-hydrogen) atoms. The van der Waals surface area contributed by atoms with Gasteiger partial charge in [-0.2, -0.15) is 0 Å². The Balaban J connectivity index is 3.49. The third-order valence-electron chi connectivity index (χ3n) is 0.848. The van der Waals surface area contributed by atoms with E-state index in [1.807, 2.05) is 0 Å². The van der Waals surface area contributed by atoms with Gasteiger partial charge in [-0.3, -0.25) is 0 Å². The van der Waals surface area contributed by atoms with E-state index in [4.69, 9.17) is 5.73 Å². The van der Waals surface area contributed by atoms with Gasteiger partial charge in [0.1, 0.15) is 5.88 Å². The second kappa shape index (κ2) is 4.62. The molecule has 0 bridgehead atoms. The lowest BCUT2D eigenvalue weighted by Crippen LogP contribution is -2.32. The maximum atomic E-state index is 10.6. The van der Waals surface area contributed by atoms with Crippen LogP contribution in [0.2, 0.25) is 0 Å². The van der Waals surface area contributed by atoms with E-state index in [1.54, 1.807) is 0 Å². The Morgan fingerprint density at radius 2 is 2.20 bits per heavy atom. The zero-order valence-electron chi connectivity index (χ0n) is 5.83. The molecule has 0 radical (unpaired) electrons. The van der Waals surface area contributed by atoms with E-state index in [0.29, 0.717) is 6.61 Å². The Kier molecular flexibility index (Phi) is 4.54. The first-order valence-corrected chi connectivity index (χ1v) is 4.44. The van der Waals surface area contributed by atoms with Gasteiger partial charge in [0.05, 0.1) is 6.61 Å². The lowest BCUT2D eigenvalue weighted by atomic mass is 10.7. The van der Waals surface area contributed by atoms with E-state index in [2.05, 4.69) is 9.46 Å². The topological polar surface area (TPSA) is 81.4 Å². The van der Waals surface area contributed by atoms with Crippen LogP contribution in [0.25, 0.3) is 0 Å². The van der Waals surface area contributed by atoms with Gasteiger partial charge < -0.3 is 10.5 Å². The Bertz CT molecular complexity index is 165. The summed E-state index contributed by atoms with van der Waals surface area (Å²) in [5.74, 6) is -0.378. The summed E-state index contributed by atoms with van der Waals surface area (Å²) in [5.41, 5.74) is 4.90. The summed E-state index contributed by atoms with van der Waals surface area (Å²) in [5, 5.41) is 0. The van der Waals surface area contributed by atoms with E-state index < -0.39 is 10.0 Å². The van der Waals surface area contributed by atoms with Gasteiger partial charge in [0.2, 0.25) is 10.0 Å². The van der Waals surface area contributed by atoms with Crippen LogP contribution in [0, 0.1) is 0 Å². The average molecular weight is 168 g/mol. The minimum Gasteiger partial charge on any atom is -0.383 e. The molecule has 5 nitrogen and oxygen atoms in total. The highest BCUT2D eigenvalue weighted by atomic mass is 32.2. The summed E-state index contributed by atoms with van der Waals surface area (Å²) in [6, 6.07) is 0. The molecule has 62 valence electrons. The molecule has 0 aliphatic rings. The van der Waals surface area contributed by atoms with Crippen LogP contribution in [0.5, 0.6) is 0 Å². The van der Waals surface area contributed by atoms with Crippen molar-refractivity contribution in [3.8, 4) is 0 Å². The molecule has 6 heteroatoms. The smallest absolute Gasteiger partial charge is 0.224 e. The second-order valence-corrected chi connectivity index (χ2v) is 3.52. The number of hydrogen-bond acceptors (Lipinski definition) is 4. The second-order valence-electron chi connectivity index (χ2n) is 1.67. The molecule has 3 N–H and O–H groups in total. The fraction of sp³-hybridized carbons (Fsp3) is 1.00. The van der Waals surface area contributed by atoms with Crippen LogP contribution in [0.3, 0.4) is 0 Å². The molecular weight excluding hydrogens is 156 g/mol. The van der Waals surface area contributed by atoms with Gasteiger partial charge in [-0.15, -0.1) is 0 Å². The van der Waals surface area contributed by atoms with Crippen LogP contribution in [0.15, 0.2) is 0 Å². The normalized spacial score (nSPS) is 11.8. The van der Waals surface area contributed by atoms with E-state index in [1.165, 1.54) is 7.11 Å². The maximum absolute atomic E-state index is 10.6. The molecule has 0 saturated heterocycles. The number of rotatable bonds is 5. The summed E-state index contributed by atoms with van der Waals surface area (Å²) in [7, 11) is -1.75. The highest BCUT2D eigenvalue weighted by molar-refractivity contribution is 7.89. The Morgan fingerprint density at radius 1 is 1.60 bits per heavy atom. The summed E-state index contributed by atoms with van der Waals surface area (Å²) < 4.78 is 28.0. The third kappa shape index (κ3) is 4.68. The summed E-state index contributed by atoms with van der Waals surface area (Å²) in [4.78, 5) is 0. The number of ether oxygens (including phenoxy) is 1. The fourth-order valence-corrected chi connectivity index (χ4v) is 0.870. The lowest BCUT2D eigenvalue weighted by Gasteiger charge is -2.01. The van der Waals surface area contributed by atoms with Crippen molar-refractivity contribution in [1.82, 2.24) is 4.72 Å². The molecule has 0 aromatic rings. The minimum absolute atomic E-state index is 0.274. The van der Waals surface area contributed by atoms with Gasteiger partial charge in [-0.05, 0) is 0 Å². The van der Waals surface area contributed by atoms with Crippen LogP contribution < -0.4 is 10.5 Å². The SMILES string of the molecule is COCCNS(=O)(=O)CN. The fourth-order valence-electron chi connectivity index (χ4n) is 0.358. The molecule has 0 unspecified atom stereocenters. The predicted molar refractivity (Wildman–Crippen MR) is 37.9 cm³/mol. The van der Waals surface area contributed by atoms with Gasteiger partial charge in [0.15, 0.2) is 0 Å². The summed E-state index contributed by atoms with van der Waals surface area (Å²) >= 11 is 0. The van der Waals surface area contributed by atoms with Crippen molar-refractivity contribution in [2.24, 2.45) is 5.73 Å². The van der Waals surface area contributed by atoms with Gasteiger partial charge >= 0.3 is 0 Å². The third-order valence-corrected chi connectivity index (χ3v) is 1.93. The van der Waals surface area contributed by atoms with Crippen molar-refractivity contribution in [2.45, 2.75) is 0 Å². The van der Waals surface area contributed by atoms with Crippen molar-refractivity contribution in [1.29, 1.82) is 0 Å². The molecule has 0 fully saturated rings. The van der Waals surface area contributed by atoms with Crippen molar-refractivity contribution in [3.63, 3.8) is 0 Å². The van der Waals surface area contributed by atoms with Crippen molar-refractivity contribution < 1.29 is 13.2 Å². The number of methoxy groups -OCH3 is 1. The number of nitrogens with two attached hydrogens (primary N) is 1. The Morgan fingerprint density at radius 3 is 2.60 bits per heavy atom. The molecule has 0 spiro atoms. The minimum atomic E-state index is -3.24. The van der Waals surface area contributed by atoms with Gasteiger partial charge in [-0.25, -0.2) is 13.1 Å². The molecule has 0 atom stereocenters. The lowest BCUT2D eigenvalue weighted by molar-refractivity contribution is 0.204. The van der Waals surface area contributed by atoms with Gasteiger partial charge in [-0.1, -0.05) is 0 Å². The molecule has 0 amide bonds. The molecule has 0 rings (SSSR count). The van der Waals surface area contributed by atoms with E-state index in [9.17, 15) is 8.42 Å². The van der Waals surface area contributed by atoms with Crippen LogP contribution in [0.4, 0.5) is 0 Å². The summed E-state index contributed by atoms with van der Waals surface area (Å²) in [6.45, 7) is 0.634. The van der Waals surface area contributed by atoms with Crippen molar-refractivity contribution >= 4 is 10.0 Å². The molecule has 0 aliphatic carbocycles. The van der Waals surface area contributed by atoms with Crippen molar-refractivity contribution in [3.05, 3.63) is 0 Å².